The van der Waals surface area contributed by atoms with E-state index >= 15 is 0 Å². The highest BCUT2D eigenvalue weighted by atomic mass is 16.5. The van der Waals surface area contributed by atoms with Gasteiger partial charge in [-0.05, 0) is 53.9 Å². The van der Waals surface area contributed by atoms with Gasteiger partial charge in [0.15, 0.2) is 0 Å². The molecule has 6 N–H and O–H groups in total. The smallest absolute Gasteiger partial charge is 0.138 e. The van der Waals surface area contributed by atoms with Gasteiger partial charge in [-0.25, -0.2) is 0 Å². The van der Waals surface area contributed by atoms with Crippen molar-refractivity contribution in [2.75, 3.05) is 11.5 Å². The number of ether oxygens (including phenoxy) is 2. The fraction of sp³-hybridized carbons (Fsp3) is 0. The lowest BCUT2D eigenvalue weighted by Crippen LogP contribution is -1.91. The number of terminal acetylenes is 1. The van der Waals surface area contributed by atoms with Gasteiger partial charge in [-0.15, -0.1) is 6.42 Å². The SMILES string of the molecule is C#Cc1cc(Oc2ccc(O)c(N)c2)cc2ccc(Oc3ccc(O)c(N)c3)cc12. The van der Waals surface area contributed by atoms with Crippen molar-refractivity contribution in [3.63, 3.8) is 0 Å². The zero-order valence-corrected chi connectivity index (χ0v) is 15.8. The Labute approximate surface area is 172 Å². The van der Waals surface area contributed by atoms with E-state index in [2.05, 4.69) is 5.92 Å². The van der Waals surface area contributed by atoms with E-state index < -0.39 is 0 Å². The van der Waals surface area contributed by atoms with Gasteiger partial charge < -0.3 is 31.2 Å². The average Bonchev–Trinajstić information content (AvgIpc) is 2.73. The lowest BCUT2D eigenvalue weighted by Gasteiger charge is -2.12. The van der Waals surface area contributed by atoms with Crippen LogP contribution in [0.15, 0.2) is 66.7 Å². The summed E-state index contributed by atoms with van der Waals surface area (Å²) < 4.78 is 11.7. The molecule has 6 heteroatoms. The van der Waals surface area contributed by atoms with Crippen LogP contribution in [0.4, 0.5) is 11.4 Å². The quantitative estimate of drug-likeness (QED) is 0.219. The highest BCUT2D eigenvalue weighted by Gasteiger charge is 2.09. The predicted octanol–water partition coefficient (Wildman–Crippen LogP) is 4.98. The van der Waals surface area contributed by atoms with E-state index in [1.807, 2.05) is 18.2 Å². The van der Waals surface area contributed by atoms with Gasteiger partial charge in [0.25, 0.3) is 0 Å². The summed E-state index contributed by atoms with van der Waals surface area (Å²) in [5.41, 5.74) is 12.5. The minimum Gasteiger partial charge on any atom is -0.506 e. The van der Waals surface area contributed by atoms with Crippen molar-refractivity contribution in [2.45, 2.75) is 0 Å². The highest BCUT2D eigenvalue weighted by molar-refractivity contribution is 5.91. The molecule has 4 aromatic rings. The largest absolute Gasteiger partial charge is 0.506 e. The van der Waals surface area contributed by atoms with Crippen LogP contribution in [0.3, 0.4) is 0 Å². The number of aromatic hydroxyl groups is 2. The number of hydrogen-bond acceptors (Lipinski definition) is 6. The van der Waals surface area contributed by atoms with Gasteiger partial charge in [-0.2, -0.15) is 0 Å². The van der Waals surface area contributed by atoms with Crippen molar-refractivity contribution in [3.05, 3.63) is 72.3 Å². The summed E-state index contributed by atoms with van der Waals surface area (Å²) in [4.78, 5) is 0. The third kappa shape index (κ3) is 3.73. The van der Waals surface area contributed by atoms with Gasteiger partial charge in [0, 0.05) is 23.1 Å². The second-order valence-electron chi connectivity index (χ2n) is 6.64. The van der Waals surface area contributed by atoms with E-state index in [4.69, 9.17) is 27.4 Å². The molecule has 0 aromatic heterocycles. The van der Waals surface area contributed by atoms with Crippen molar-refractivity contribution in [1.29, 1.82) is 0 Å². The number of rotatable bonds is 4. The third-order valence-corrected chi connectivity index (χ3v) is 4.52. The minimum atomic E-state index is -0.00640. The van der Waals surface area contributed by atoms with E-state index in [0.717, 1.165) is 10.8 Å². The molecule has 0 aliphatic carbocycles. The van der Waals surface area contributed by atoms with Crippen LogP contribution in [0.5, 0.6) is 34.5 Å². The van der Waals surface area contributed by atoms with Crippen LogP contribution in [0.1, 0.15) is 5.56 Å². The lowest BCUT2D eigenvalue weighted by molar-refractivity contribution is 0.466. The van der Waals surface area contributed by atoms with Crippen LogP contribution >= 0.6 is 0 Å². The zero-order chi connectivity index (χ0) is 21.3. The molecule has 30 heavy (non-hydrogen) atoms. The number of hydrogen-bond donors (Lipinski definition) is 4. The number of nitrogen functional groups attached to an aromatic ring is 2. The number of benzene rings is 4. The summed E-state index contributed by atoms with van der Waals surface area (Å²) in [6.45, 7) is 0. The third-order valence-electron chi connectivity index (χ3n) is 4.52. The van der Waals surface area contributed by atoms with Gasteiger partial charge in [-0.3, -0.25) is 0 Å². The Morgan fingerprint density at radius 1 is 0.667 bits per heavy atom. The lowest BCUT2D eigenvalue weighted by atomic mass is 10.0. The van der Waals surface area contributed by atoms with Crippen molar-refractivity contribution >= 4 is 22.1 Å². The molecule has 0 saturated heterocycles. The molecule has 4 rings (SSSR count). The molecule has 0 aliphatic heterocycles. The van der Waals surface area contributed by atoms with Crippen LogP contribution in [0.2, 0.25) is 0 Å². The topological polar surface area (TPSA) is 111 Å². The first kappa shape index (κ1) is 18.8. The molecule has 0 saturated carbocycles. The zero-order valence-electron chi connectivity index (χ0n) is 15.8. The molecule has 0 radical (unpaired) electrons. The normalized spacial score (nSPS) is 10.5. The van der Waals surface area contributed by atoms with Crippen molar-refractivity contribution in [2.24, 2.45) is 0 Å². The summed E-state index contributed by atoms with van der Waals surface area (Å²) in [6, 6.07) is 18.3. The molecule has 0 bridgehead atoms. The fourth-order valence-electron chi connectivity index (χ4n) is 3.02. The Balaban J connectivity index is 1.67. The Kier molecular flexibility index (Phi) is 4.71. The van der Waals surface area contributed by atoms with Gasteiger partial charge in [0.1, 0.15) is 34.5 Å². The molecular formula is C24H18N2O4. The van der Waals surface area contributed by atoms with Crippen LogP contribution in [-0.2, 0) is 0 Å². The first-order valence-corrected chi connectivity index (χ1v) is 9.00. The van der Waals surface area contributed by atoms with Crippen molar-refractivity contribution < 1.29 is 19.7 Å². The number of anilines is 2. The molecule has 0 atom stereocenters. The Morgan fingerprint density at radius 2 is 1.20 bits per heavy atom. The Hall–Kier alpha value is -4.50. The fourth-order valence-corrected chi connectivity index (χ4v) is 3.02. The van der Waals surface area contributed by atoms with E-state index in [-0.39, 0.29) is 22.9 Å². The van der Waals surface area contributed by atoms with Crippen LogP contribution in [0, 0.1) is 12.3 Å². The summed E-state index contributed by atoms with van der Waals surface area (Å²) in [6.07, 6.45) is 5.72. The second-order valence-corrected chi connectivity index (χ2v) is 6.64. The van der Waals surface area contributed by atoms with Crippen LogP contribution in [0.25, 0.3) is 10.8 Å². The van der Waals surface area contributed by atoms with E-state index in [1.165, 1.54) is 18.2 Å². The number of phenolic OH excluding ortho intramolecular Hbond substituents is 2. The van der Waals surface area contributed by atoms with Crippen molar-refractivity contribution in [3.8, 4) is 46.8 Å². The number of phenols is 2. The monoisotopic (exact) mass is 398 g/mol. The molecule has 0 aliphatic rings. The standard InChI is InChI=1S/C24H18N2O4/c1-2-14-9-19(30-18-6-8-24(28)22(26)13-18)10-15-3-4-16(11-20(14)15)29-17-5-7-23(27)21(25)12-17/h1,3-13,27-28H,25-26H2. The molecule has 148 valence electrons. The molecule has 0 heterocycles. The molecule has 4 aromatic carbocycles. The second kappa shape index (κ2) is 7.49. The summed E-state index contributed by atoms with van der Waals surface area (Å²) in [5, 5.41) is 20.8. The van der Waals surface area contributed by atoms with E-state index in [9.17, 15) is 10.2 Å². The first-order chi connectivity index (χ1) is 14.4. The van der Waals surface area contributed by atoms with Gasteiger partial charge >= 0.3 is 0 Å². The highest BCUT2D eigenvalue weighted by Crippen LogP contribution is 2.34. The molecule has 0 unspecified atom stereocenters. The van der Waals surface area contributed by atoms with Gasteiger partial charge in [0.2, 0.25) is 0 Å². The van der Waals surface area contributed by atoms with E-state index in [1.54, 1.807) is 30.3 Å². The number of nitrogens with two attached hydrogens (primary N) is 2. The predicted molar refractivity (Wildman–Crippen MR) is 117 cm³/mol. The van der Waals surface area contributed by atoms with Crippen molar-refractivity contribution in [1.82, 2.24) is 0 Å². The van der Waals surface area contributed by atoms with Gasteiger partial charge in [-0.1, -0.05) is 12.0 Å². The molecule has 0 amide bonds. The summed E-state index contributed by atoms with van der Waals surface area (Å²) >= 11 is 0. The first-order valence-electron chi connectivity index (χ1n) is 9.00. The maximum absolute atomic E-state index is 9.56. The number of fused-ring (bicyclic) bond motifs is 1. The van der Waals surface area contributed by atoms with Crippen LogP contribution < -0.4 is 20.9 Å². The van der Waals surface area contributed by atoms with Crippen LogP contribution in [-0.4, -0.2) is 10.2 Å². The maximum atomic E-state index is 9.56. The Bertz CT molecular complexity index is 1310. The molecular weight excluding hydrogens is 380 g/mol. The average molecular weight is 398 g/mol. The maximum Gasteiger partial charge on any atom is 0.138 e. The summed E-state index contributed by atoms with van der Waals surface area (Å²) in [7, 11) is 0. The van der Waals surface area contributed by atoms with Gasteiger partial charge in [0.05, 0.1) is 11.4 Å². The summed E-state index contributed by atoms with van der Waals surface area (Å²) in [5.74, 6) is 4.76. The molecule has 0 fully saturated rings. The Morgan fingerprint density at radius 3 is 1.77 bits per heavy atom. The molecule has 0 spiro atoms. The minimum absolute atomic E-state index is 0.00149. The van der Waals surface area contributed by atoms with E-state index in [0.29, 0.717) is 28.6 Å². The molecule has 6 nitrogen and oxygen atoms in total.